The number of amides is 1. The number of benzene rings is 1. The summed E-state index contributed by atoms with van der Waals surface area (Å²) in [5, 5.41) is 7.32. The zero-order valence-electron chi connectivity index (χ0n) is 11.5. The largest absolute Gasteiger partial charge is 0.354 e. The summed E-state index contributed by atoms with van der Waals surface area (Å²) in [6.45, 7) is 2.67. The zero-order chi connectivity index (χ0) is 14.0. The SMILES string of the molecule is CNC(C)CNC(=O)C1CC1c1ccc(Cl)cc1Cl.Cl. The van der Waals surface area contributed by atoms with Gasteiger partial charge in [-0.2, -0.15) is 0 Å². The van der Waals surface area contributed by atoms with Crippen molar-refractivity contribution >= 4 is 41.5 Å². The Morgan fingerprint density at radius 3 is 2.75 bits per heavy atom. The van der Waals surface area contributed by atoms with Gasteiger partial charge >= 0.3 is 0 Å². The van der Waals surface area contributed by atoms with Crippen LogP contribution in [0, 0.1) is 5.92 Å². The quantitative estimate of drug-likeness (QED) is 0.866. The van der Waals surface area contributed by atoms with Crippen LogP contribution < -0.4 is 10.6 Å². The first-order chi connectivity index (χ1) is 9.02. The van der Waals surface area contributed by atoms with Crippen LogP contribution >= 0.6 is 35.6 Å². The van der Waals surface area contributed by atoms with Crippen molar-refractivity contribution in [2.45, 2.75) is 25.3 Å². The van der Waals surface area contributed by atoms with E-state index in [0.717, 1.165) is 12.0 Å². The van der Waals surface area contributed by atoms with Gasteiger partial charge in [0.05, 0.1) is 0 Å². The summed E-state index contributed by atoms with van der Waals surface area (Å²) >= 11 is 12.0. The van der Waals surface area contributed by atoms with Crippen LogP contribution in [-0.4, -0.2) is 25.5 Å². The van der Waals surface area contributed by atoms with Crippen molar-refractivity contribution in [3.05, 3.63) is 33.8 Å². The van der Waals surface area contributed by atoms with Gasteiger partial charge in [-0.25, -0.2) is 0 Å². The van der Waals surface area contributed by atoms with E-state index in [1.165, 1.54) is 0 Å². The molecule has 6 heteroatoms. The van der Waals surface area contributed by atoms with Crippen LogP contribution in [0.2, 0.25) is 10.0 Å². The van der Waals surface area contributed by atoms with E-state index in [4.69, 9.17) is 23.2 Å². The lowest BCUT2D eigenvalue weighted by Crippen LogP contribution is -2.38. The Hall–Kier alpha value is -0.480. The summed E-state index contributed by atoms with van der Waals surface area (Å²) in [7, 11) is 1.88. The van der Waals surface area contributed by atoms with Crippen molar-refractivity contribution in [2.24, 2.45) is 5.92 Å². The van der Waals surface area contributed by atoms with Gasteiger partial charge in [0.25, 0.3) is 0 Å². The third-order valence-electron chi connectivity index (χ3n) is 3.56. The summed E-state index contributed by atoms with van der Waals surface area (Å²) in [6, 6.07) is 5.74. The fourth-order valence-corrected chi connectivity index (χ4v) is 2.67. The van der Waals surface area contributed by atoms with Crippen LogP contribution in [-0.2, 0) is 4.79 Å². The third-order valence-corrected chi connectivity index (χ3v) is 4.13. The van der Waals surface area contributed by atoms with Crippen LogP contribution in [0.25, 0.3) is 0 Å². The first-order valence-electron chi connectivity index (χ1n) is 6.43. The minimum Gasteiger partial charge on any atom is -0.354 e. The Kier molecular flexibility index (Phi) is 6.59. The molecule has 1 aliphatic carbocycles. The van der Waals surface area contributed by atoms with E-state index in [-0.39, 0.29) is 36.2 Å². The molecule has 20 heavy (non-hydrogen) atoms. The molecule has 2 N–H and O–H groups in total. The first-order valence-corrected chi connectivity index (χ1v) is 7.18. The number of hydrogen-bond donors (Lipinski definition) is 2. The summed E-state index contributed by atoms with van der Waals surface area (Å²) in [5.41, 5.74) is 1.02. The molecular weight excluding hydrogens is 319 g/mol. The van der Waals surface area contributed by atoms with Gasteiger partial charge in [0, 0.05) is 28.5 Å². The number of carbonyl (C=O) groups is 1. The minimum absolute atomic E-state index is 0. The molecule has 0 aliphatic heterocycles. The second-order valence-electron chi connectivity index (χ2n) is 5.05. The van der Waals surface area contributed by atoms with Crippen molar-refractivity contribution < 1.29 is 4.79 Å². The van der Waals surface area contributed by atoms with Crippen molar-refractivity contribution in [1.82, 2.24) is 10.6 Å². The Bertz CT molecular complexity index is 481. The third kappa shape index (κ3) is 4.26. The van der Waals surface area contributed by atoms with E-state index in [0.29, 0.717) is 16.6 Å². The molecule has 0 spiro atoms. The van der Waals surface area contributed by atoms with Crippen LogP contribution in [0.15, 0.2) is 18.2 Å². The molecule has 3 atom stereocenters. The molecule has 1 aliphatic rings. The first kappa shape index (κ1) is 17.6. The molecule has 1 fully saturated rings. The van der Waals surface area contributed by atoms with E-state index in [1.54, 1.807) is 6.07 Å². The number of rotatable bonds is 5. The number of carbonyl (C=O) groups excluding carboxylic acids is 1. The maximum absolute atomic E-state index is 12.0. The molecule has 0 heterocycles. The summed E-state index contributed by atoms with van der Waals surface area (Å²) in [6.07, 6.45) is 0.862. The Balaban J connectivity index is 0.00000200. The van der Waals surface area contributed by atoms with E-state index in [9.17, 15) is 4.79 Å². The summed E-state index contributed by atoms with van der Waals surface area (Å²) < 4.78 is 0. The topological polar surface area (TPSA) is 41.1 Å². The standard InChI is InChI=1S/C14H18Cl2N2O.ClH/c1-8(17-2)7-18-14(19)12-6-11(12)10-4-3-9(15)5-13(10)16;/h3-5,8,11-12,17H,6-7H2,1-2H3,(H,18,19);1H. The summed E-state index contributed by atoms with van der Waals surface area (Å²) in [5.74, 6) is 0.385. The number of nitrogens with one attached hydrogen (secondary N) is 2. The predicted molar refractivity (Wildman–Crippen MR) is 86.1 cm³/mol. The van der Waals surface area contributed by atoms with E-state index in [1.807, 2.05) is 26.1 Å². The molecule has 2 rings (SSSR count). The summed E-state index contributed by atoms with van der Waals surface area (Å²) in [4.78, 5) is 12.0. The van der Waals surface area contributed by atoms with Gasteiger partial charge < -0.3 is 10.6 Å². The molecule has 1 amide bonds. The predicted octanol–water partition coefficient (Wildman–Crippen LogP) is 3.24. The molecule has 1 saturated carbocycles. The second kappa shape index (κ2) is 7.51. The molecule has 1 aromatic carbocycles. The van der Waals surface area contributed by atoms with Gasteiger partial charge in [0.2, 0.25) is 5.91 Å². The van der Waals surface area contributed by atoms with Crippen LogP contribution in [0.5, 0.6) is 0 Å². The second-order valence-corrected chi connectivity index (χ2v) is 5.89. The molecule has 3 unspecified atom stereocenters. The highest BCUT2D eigenvalue weighted by molar-refractivity contribution is 6.35. The van der Waals surface area contributed by atoms with Crippen molar-refractivity contribution in [3.63, 3.8) is 0 Å². The highest BCUT2D eigenvalue weighted by Gasteiger charge is 2.44. The smallest absolute Gasteiger partial charge is 0.223 e. The molecule has 0 bridgehead atoms. The lowest BCUT2D eigenvalue weighted by Gasteiger charge is -2.11. The molecule has 0 aromatic heterocycles. The molecule has 0 radical (unpaired) electrons. The lowest BCUT2D eigenvalue weighted by molar-refractivity contribution is -0.122. The Labute approximate surface area is 135 Å². The van der Waals surface area contributed by atoms with Crippen LogP contribution in [0.3, 0.4) is 0 Å². The Morgan fingerprint density at radius 2 is 2.15 bits per heavy atom. The molecular formula is C14H19Cl3N2O. The molecule has 112 valence electrons. The van der Waals surface area contributed by atoms with E-state index >= 15 is 0 Å². The van der Waals surface area contributed by atoms with Crippen LogP contribution in [0.1, 0.15) is 24.8 Å². The van der Waals surface area contributed by atoms with Gasteiger partial charge in [0.1, 0.15) is 0 Å². The van der Waals surface area contributed by atoms with Gasteiger partial charge in [-0.1, -0.05) is 29.3 Å². The molecule has 1 aromatic rings. The van der Waals surface area contributed by atoms with Crippen LogP contribution in [0.4, 0.5) is 0 Å². The Morgan fingerprint density at radius 1 is 1.45 bits per heavy atom. The zero-order valence-corrected chi connectivity index (χ0v) is 13.8. The lowest BCUT2D eigenvalue weighted by atomic mass is 10.1. The fourth-order valence-electron chi connectivity index (χ4n) is 2.12. The number of likely N-dealkylation sites (N-methyl/N-ethyl adjacent to an activating group) is 1. The van der Waals surface area contributed by atoms with E-state index < -0.39 is 0 Å². The van der Waals surface area contributed by atoms with Gasteiger partial charge in [-0.05, 0) is 44.0 Å². The number of hydrogen-bond acceptors (Lipinski definition) is 2. The van der Waals surface area contributed by atoms with Crippen molar-refractivity contribution in [3.8, 4) is 0 Å². The maximum Gasteiger partial charge on any atom is 0.223 e. The minimum atomic E-state index is 0. The van der Waals surface area contributed by atoms with Crippen molar-refractivity contribution in [2.75, 3.05) is 13.6 Å². The normalized spacial score (nSPS) is 21.8. The fraction of sp³-hybridized carbons (Fsp3) is 0.500. The van der Waals surface area contributed by atoms with Gasteiger partial charge in [-0.3, -0.25) is 4.79 Å². The van der Waals surface area contributed by atoms with E-state index in [2.05, 4.69) is 10.6 Å². The highest BCUT2D eigenvalue weighted by Crippen LogP contribution is 2.49. The average molecular weight is 338 g/mol. The number of halogens is 3. The van der Waals surface area contributed by atoms with Crippen molar-refractivity contribution in [1.29, 1.82) is 0 Å². The molecule has 0 saturated heterocycles. The maximum atomic E-state index is 12.0. The highest BCUT2D eigenvalue weighted by atomic mass is 35.5. The van der Waals surface area contributed by atoms with Gasteiger partial charge in [0.15, 0.2) is 0 Å². The molecule has 3 nitrogen and oxygen atoms in total. The monoisotopic (exact) mass is 336 g/mol. The average Bonchev–Trinajstić information content (AvgIpc) is 3.15. The van der Waals surface area contributed by atoms with Gasteiger partial charge in [-0.15, -0.1) is 12.4 Å².